The van der Waals surface area contributed by atoms with Gasteiger partial charge in [0, 0.05) is 30.9 Å². The zero-order valence-electron chi connectivity index (χ0n) is 18.8. The lowest BCUT2D eigenvalue weighted by Crippen LogP contribution is -2.49. The number of halogens is 3. The van der Waals surface area contributed by atoms with E-state index in [1.54, 1.807) is 0 Å². The van der Waals surface area contributed by atoms with E-state index in [-0.39, 0.29) is 23.6 Å². The molecule has 4 nitrogen and oxygen atoms in total. The molecule has 1 saturated heterocycles. The molecule has 2 N–H and O–H groups in total. The molecule has 7 heteroatoms. The van der Waals surface area contributed by atoms with Gasteiger partial charge in [0.25, 0.3) is 0 Å². The van der Waals surface area contributed by atoms with Crippen molar-refractivity contribution in [1.29, 1.82) is 0 Å². The highest BCUT2D eigenvalue weighted by Gasteiger charge is 2.30. The summed E-state index contributed by atoms with van der Waals surface area (Å²) in [4.78, 5) is 15.0. The average Bonchev–Trinajstić information content (AvgIpc) is 2.79. The van der Waals surface area contributed by atoms with Crippen LogP contribution in [0, 0.1) is 29.3 Å². The first-order valence-corrected chi connectivity index (χ1v) is 12.0. The molecule has 1 heterocycles. The largest absolute Gasteiger partial charge is 0.335 e. The van der Waals surface area contributed by atoms with Crippen molar-refractivity contribution >= 4 is 11.7 Å². The summed E-state index contributed by atoms with van der Waals surface area (Å²) in [6.45, 7) is 3.02. The standard InChI is InChI=1S/C26H32F3N3O/c27-21-9-7-18(8-10-21)14-19-4-3-13-32(16-19)17-20-5-1-2-6-25(20)31-26(33)30-22-11-12-23(28)24(29)15-22/h7-12,15,19-20,25H,1-6,13-14,16-17H2,(H2,30,31,33)/t19-,20-,25+/m0/s1. The van der Waals surface area contributed by atoms with Crippen LogP contribution in [0.25, 0.3) is 0 Å². The first-order chi connectivity index (χ1) is 16.0. The third-order valence-corrected chi connectivity index (χ3v) is 6.94. The molecule has 0 radical (unpaired) electrons. The SMILES string of the molecule is O=C(Nc1ccc(F)c(F)c1)N[C@@H]1CCCC[C@H]1CN1CCC[C@@H](Cc2ccc(F)cc2)C1. The van der Waals surface area contributed by atoms with Crippen LogP contribution < -0.4 is 10.6 Å². The fourth-order valence-corrected chi connectivity index (χ4v) is 5.29. The van der Waals surface area contributed by atoms with Gasteiger partial charge in [-0.25, -0.2) is 18.0 Å². The van der Waals surface area contributed by atoms with Gasteiger partial charge in [-0.05, 0) is 80.3 Å². The zero-order valence-corrected chi connectivity index (χ0v) is 18.8. The third-order valence-electron chi connectivity index (χ3n) is 6.94. The normalized spacial score (nSPS) is 23.8. The van der Waals surface area contributed by atoms with E-state index in [1.165, 1.54) is 30.2 Å². The van der Waals surface area contributed by atoms with Gasteiger partial charge in [0.2, 0.25) is 0 Å². The Morgan fingerprint density at radius 2 is 1.73 bits per heavy atom. The number of hydrogen-bond acceptors (Lipinski definition) is 2. The quantitative estimate of drug-likeness (QED) is 0.579. The molecule has 3 atom stereocenters. The van der Waals surface area contributed by atoms with Gasteiger partial charge in [-0.3, -0.25) is 0 Å². The molecule has 2 amide bonds. The second-order valence-corrected chi connectivity index (χ2v) is 9.48. The molecule has 33 heavy (non-hydrogen) atoms. The highest BCUT2D eigenvalue weighted by molar-refractivity contribution is 5.89. The van der Waals surface area contributed by atoms with Crippen molar-refractivity contribution in [2.45, 2.75) is 51.0 Å². The smallest absolute Gasteiger partial charge is 0.319 e. The lowest BCUT2D eigenvalue weighted by Gasteiger charge is -2.39. The Morgan fingerprint density at radius 1 is 0.939 bits per heavy atom. The summed E-state index contributed by atoms with van der Waals surface area (Å²) in [6, 6.07) is 9.83. The number of piperidine rings is 1. The summed E-state index contributed by atoms with van der Waals surface area (Å²) in [6.07, 6.45) is 7.49. The Morgan fingerprint density at radius 3 is 2.52 bits per heavy atom. The van der Waals surface area contributed by atoms with Crippen molar-refractivity contribution in [3.05, 3.63) is 65.5 Å². The summed E-state index contributed by atoms with van der Waals surface area (Å²) < 4.78 is 39.8. The molecule has 2 aliphatic rings. The van der Waals surface area contributed by atoms with Gasteiger partial charge in [-0.15, -0.1) is 0 Å². The third kappa shape index (κ3) is 6.73. The number of anilines is 1. The Hall–Kier alpha value is -2.54. The Labute approximate surface area is 193 Å². The van der Waals surface area contributed by atoms with Gasteiger partial charge in [-0.2, -0.15) is 0 Å². The van der Waals surface area contributed by atoms with Gasteiger partial charge >= 0.3 is 6.03 Å². The number of amides is 2. The van der Waals surface area contributed by atoms with E-state index in [1.807, 2.05) is 12.1 Å². The van der Waals surface area contributed by atoms with Crippen LogP contribution >= 0.6 is 0 Å². The van der Waals surface area contributed by atoms with Crippen LogP contribution in [-0.2, 0) is 6.42 Å². The van der Waals surface area contributed by atoms with E-state index < -0.39 is 11.6 Å². The van der Waals surface area contributed by atoms with Crippen LogP contribution in [0.5, 0.6) is 0 Å². The van der Waals surface area contributed by atoms with Crippen LogP contribution in [0.15, 0.2) is 42.5 Å². The topological polar surface area (TPSA) is 44.4 Å². The van der Waals surface area contributed by atoms with Gasteiger partial charge in [0.15, 0.2) is 11.6 Å². The van der Waals surface area contributed by atoms with Crippen molar-refractivity contribution in [3.8, 4) is 0 Å². The first-order valence-electron chi connectivity index (χ1n) is 12.0. The number of nitrogens with zero attached hydrogens (tertiary/aromatic N) is 1. The van der Waals surface area contributed by atoms with Gasteiger partial charge in [0.1, 0.15) is 5.82 Å². The summed E-state index contributed by atoms with van der Waals surface area (Å²) in [7, 11) is 0. The lowest BCUT2D eigenvalue weighted by atomic mass is 9.83. The molecule has 0 bridgehead atoms. The predicted molar refractivity (Wildman–Crippen MR) is 124 cm³/mol. The molecule has 2 aromatic rings. The maximum atomic E-state index is 13.4. The van der Waals surface area contributed by atoms with E-state index in [9.17, 15) is 18.0 Å². The van der Waals surface area contributed by atoms with Crippen LogP contribution in [0.1, 0.15) is 44.1 Å². The molecular weight excluding hydrogens is 427 g/mol. The minimum absolute atomic E-state index is 0.0570. The number of urea groups is 1. The minimum atomic E-state index is -0.983. The van der Waals surface area contributed by atoms with Crippen molar-refractivity contribution < 1.29 is 18.0 Å². The molecule has 1 aliphatic carbocycles. The summed E-state index contributed by atoms with van der Waals surface area (Å²) in [5.74, 6) is -1.21. The molecular formula is C26H32F3N3O. The lowest BCUT2D eigenvalue weighted by molar-refractivity contribution is 0.123. The summed E-state index contributed by atoms with van der Waals surface area (Å²) in [5.41, 5.74) is 1.41. The first kappa shape index (κ1) is 23.6. The van der Waals surface area contributed by atoms with E-state index >= 15 is 0 Å². The number of benzene rings is 2. The maximum absolute atomic E-state index is 13.4. The number of likely N-dealkylation sites (tertiary alicyclic amines) is 1. The van der Waals surface area contributed by atoms with Crippen LogP contribution in [-0.4, -0.2) is 36.6 Å². The van der Waals surface area contributed by atoms with Gasteiger partial charge < -0.3 is 15.5 Å². The zero-order chi connectivity index (χ0) is 23.2. The molecule has 0 unspecified atom stereocenters. The predicted octanol–water partition coefficient (Wildman–Crippen LogP) is 5.74. The van der Waals surface area contributed by atoms with Crippen LogP contribution in [0.3, 0.4) is 0 Å². The van der Waals surface area contributed by atoms with Gasteiger partial charge in [0.05, 0.1) is 0 Å². The molecule has 2 aromatic carbocycles. The fourth-order valence-electron chi connectivity index (χ4n) is 5.29. The Kier molecular flexibility index (Phi) is 7.91. The minimum Gasteiger partial charge on any atom is -0.335 e. The van der Waals surface area contributed by atoms with Crippen molar-refractivity contribution in [3.63, 3.8) is 0 Å². The molecule has 1 saturated carbocycles. The molecule has 4 rings (SSSR count). The number of hydrogen-bond donors (Lipinski definition) is 2. The van der Waals surface area contributed by atoms with Crippen molar-refractivity contribution in [2.75, 3.05) is 25.0 Å². The van der Waals surface area contributed by atoms with Crippen molar-refractivity contribution in [1.82, 2.24) is 10.2 Å². The van der Waals surface area contributed by atoms with Crippen molar-refractivity contribution in [2.24, 2.45) is 11.8 Å². The van der Waals surface area contributed by atoms with Crippen LogP contribution in [0.2, 0.25) is 0 Å². The highest BCUT2D eigenvalue weighted by atomic mass is 19.2. The average molecular weight is 460 g/mol. The van der Waals surface area contributed by atoms with E-state index in [2.05, 4.69) is 15.5 Å². The number of rotatable bonds is 6. The number of carbonyl (C=O) groups is 1. The summed E-state index contributed by atoms with van der Waals surface area (Å²) in [5, 5.41) is 5.69. The second-order valence-electron chi connectivity index (χ2n) is 9.48. The van der Waals surface area contributed by atoms with E-state index in [0.29, 0.717) is 11.8 Å². The monoisotopic (exact) mass is 459 g/mol. The number of nitrogens with one attached hydrogen (secondary N) is 2. The number of carbonyl (C=O) groups excluding carboxylic acids is 1. The second kappa shape index (κ2) is 11.1. The fraction of sp³-hybridized carbons (Fsp3) is 0.500. The van der Waals surface area contributed by atoms with E-state index in [0.717, 1.165) is 70.3 Å². The molecule has 1 aliphatic heterocycles. The van der Waals surface area contributed by atoms with Crippen LogP contribution in [0.4, 0.5) is 23.7 Å². The summed E-state index contributed by atoms with van der Waals surface area (Å²) >= 11 is 0. The Bertz CT molecular complexity index is 937. The molecule has 2 fully saturated rings. The van der Waals surface area contributed by atoms with Gasteiger partial charge in [-0.1, -0.05) is 25.0 Å². The molecule has 0 spiro atoms. The van der Waals surface area contributed by atoms with E-state index in [4.69, 9.17) is 0 Å². The highest BCUT2D eigenvalue weighted by Crippen LogP contribution is 2.28. The Balaban J connectivity index is 1.30. The maximum Gasteiger partial charge on any atom is 0.319 e. The molecule has 178 valence electrons. The molecule has 0 aromatic heterocycles.